The number of carbonyl (C=O) groups is 2. The van der Waals surface area contributed by atoms with Crippen LogP contribution in [0.25, 0.3) is 0 Å². The highest BCUT2D eigenvalue weighted by Gasteiger charge is 2.72. The molecule has 3 aliphatic carbocycles. The lowest BCUT2D eigenvalue weighted by atomic mass is 9.57. The van der Waals surface area contributed by atoms with Crippen LogP contribution in [0.1, 0.15) is 43.4 Å². The van der Waals surface area contributed by atoms with Crippen LogP contribution in [0, 0.1) is 35.4 Å². The second-order valence-corrected chi connectivity index (χ2v) is 12.3. The lowest BCUT2D eigenvalue weighted by molar-refractivity contribution is -0.123. The van der Waals surface area contributed by atoms with Gasteiger partial charge in [0.15, 0.2) is 0 Å². The van der Waals surface area contributed by atoms with Crippen LogP contribution in [0.2, 0.25) is 0 Å². The molecule has 3 heterocycles. The molecule has 1 saturated heterocycles. The molecule has 166 valence electrons. The molecule has 2 amide bonds. The Balaban J connectivity index is 1.32. The largest absolute Gasteiger partial charge is 0.307 e. The van der Waals surface area contributed by atoms with Crippen molar-refractivity contribution in [1.29, 1.82) is 0 Å². The number of imide groups is 1. The first-order valence-electron chi connectivity index (χ1n) is 11.5. The number of nitrogens with zero attached hydrogens (tertiary/aromatic N) is 1. The number of H-pyrrole nitrogens is 1. The number of rotatable bonds is 1. The van der Waals surface area contributed by atoms with Crippen LogP contribution in [0.4, 0.5) is 10.1 Å². The highest BCUT2D eigenvalue weighted by molar-refractivity contribution is 8.00. The van der Waals surface area contributed by atoms with Crippen LogP contribution in [0.3, 0.4) is 0 Å². The summed E-state index contributed by atoms with van der Waals surface area (Å²) < 4.78 is 13.4. The molecule has 2 bridgehead atoms. The summed E-state index contributed by atoms with van der Waals surface area (Å²) in [5, 5.41) is 1.28. The summed E-state index contributed by atoms with van der Waals surface area (Å²) >= 11 is 3.12. The second-order valence-electron chi connectivity index (χ2n) is 10.1. The molecule has 5 nitrogen and oxygen atoms in total. The minimum absolute atomic E-state index is 0.00889. The van der Waals surface area contributed by atoms with Gasteiger partial charge in [0.25, 0.3) is 0 Å². The Morgan fingerprint density at radius 3 is 2.38 bits per heavy atom. The molecule has 4 fully saturated rings. The molecule has 8 heteroatoms. The zero-order valence-electron chi connectivity index (χ0n) is 17.4. The first-order chi connectivity index (χ1) is 15.5. The molecule has 1 aromatic heterocycles. The molecular weight excluding hydrogens is 447 g/mol. The van der Waals surface area contributed by atoms with Gasteiger partial charge < -0.3 is 4.98 Å². The van der Waals surface area contributed by atoms with Crippen LogP contribution in [0.5, 0.6) is 0 Å². The maximum Gasteiger partial charge on any atom is 0.305 e. The maximum atomic E-state index is 13.6. The lowest BCUT2D eigenvalue weighted by Crippen LogP contribution is -2.51. The number of thioether (sulfide) groups is 1. The highest BCUT2D eigenvalue weighted by Crippen LogP contribution is 2.71. The van der Waals surface area contributed by atoms with Gasteiger partial charge >= 0.3 is 4.87 Å². The summed E-state index contributed by atoms with van der Waals surface area (Å²) in [7, 11) is 0. The van der Waals surface area contributed by atoms with E-state index in [1.807, 2.05) is 0 Å². The second kappa shape index (κ2) is 6.56. The quantitative estimate of drug-likeness (QED) is 0.630. The van der Waals surface area contributed by atoms with Gasteiger partial charge in [-0.05, 0) is 61.3 Å². The smallest absolute Gasteiger partial charge is 0.305 e. The number of hydrogen-bond donors (Lipinski definition) is 1. The number of aromatic nitrogens is 1. The average molecular weight is 471 g/mol. The number of hydrogen-bond acceptors (Lipinski definition) is 5. The Kier molecular flexibility index (Phi) is 4.01. The summed E-state index contributed by atoms with van der Waals surface area (Å²) in [4.78, 5) is 45.1. The van der Waals surface area contributed by atoms with Gasteiger partial charge in [-0.1, -0.05) is 30.6 Å². The van der Waals surface area contributed by atoms with Crippen molar-refractivity contribution in [2.24, 2.45) is 29.6 Å². The van der Waals surface area contributed by atoms with E-state index >= 15 is 0 Å². The molecule has 7 rings (SSSR count). The van der Waals surface area contributed by atoms with E-state index in [0.29, 0.717) is 11.6 Å². The Hall–Kier alpha value is -1.93. The summed E-state index contributed by atoms with van der Waals surface area (Å²) in [6.07, 6.45) is 6.59. The third kappa shape index (κ3) is 2.32. The normalized spacial score (nSPS) is 36.5. The zero-order valence-corrected chi connectivity index (χ0v) is 19.0. The minimum atomic E-state index is -0.380. The summed E-state index contributed by atoms with van der Waals surface area (Å²) in [5.41, 5.74) is 0.436. The molecule has 2 aromatic rings. The molecule has 3 saturated carbocycles. The van der Waals surface area contributed by atoms with Gasteiger partial charge in [0.05, 0.1) is 22.5 Å². The van der Waals surface area contributed by atoms with Crippen molar-refractivity contribution in [3.05, 3.63) is 44.6 Å². The van der Waals surface area contributed by atoms with E-state index < -0.39 is 0 Å². The average Bonchev–Trinajstić information content (AvgIpc) is 3.51. The molecule has 1 spiro atoms. The van der Waals surface area contributed by atoms with Gasteiger partial charge in [-0.2, -0.15) is 0 Å². The van der Waals surface area contributed by atoms with Gasteiger partial charge in [0.1, 0.15) is 5.82 Å². The number of anilines is 1. The van der Waals surface area contributed by atoms with Crippen molar-refractivity contribution < 1.29 is 14.0 Å². The minimum Gasteiger partial charge on any atom is -0.307 e. The van der Waals surface area contributed by atoms with Crippen molar-refractivity contribution >= 4 is 40.6 Å². The van der Waals surface area contributed by atoms with Gasteiger partial charge in [-0.15, -0.1) is 11.8 Å². The van der Waals surface area contributed by atoms with Crippen LogP contribution in [0.15, 0.2) is 34.1 Å². The predicted octanol–water partition coefficient (Wildman–Crippen LogP) is 4.32. The fourth-order valence-corrected chi connectivity index (χ4v) is 11.1. The van der Waals surface area contributed by atoms with Gasteiger partial charge in [0.2, 0.25) is 11.8 Å². The zero-order chi connectivity index (χ0) is 21.8. The van der Waals surface area contributed by atoms with E-state index in [-0.39, 0.29) is 56.8 Å². The van der Waals surface area contributed by atoms with Crippen molar-refractivity contribution in [1.82, 2.24) is 4.98 Å². The van der Waals surface area contributed by atoms with Crippen LogP contribution in [-0.2, 0) is 15.0 Å². The number of thiazole rings is 1. The third-order valence-electron chi connectivity index (χ3n) is 8.89. The molecule has 1 aromatic carbocycles. The van der Waals surface area contributed by atoms with Crippen LogP contribution < -0.4 is 9.77 Å². The van der Waals surface area contributed by atoms with Crippen molar-refractivity contribution in [3.8, 4) is 0 Å². The third-order valence-corrected chi connectivity index (χ3v) is 11.6. The topological polar surface area (TPSA) is 70.2 Å². The fraction of sp³-hybridized carbons (Fsp3) is 0.542. The number of aromatic amines is 1. The van der Waals surface area contributed by atoms with Crippen molar-refractivity contribution in [2.45, 2.75) is 54.2 Å². The number of nitrogens with one attached hydrogen (secondary N) is 1. The SMILES string of the molecule is O=C1[C@H]2[C@H]3C[C@@H]([C@@H]4Sc5[nH]c(=O)sc5C5(CCCCC5)[C@@H]34)[C@@H]2C(=O)N1c1ccc(F)cc1. The number of carbonyl (C=O) groups excluding carboxylic acids is 2. The molecule has 6 atom stereocenters. The van der Waals surface area contributed by atoms with Crippen molar-refractivity contribution in [2.75, 3.05) is 4.90 Å². The number of benzene rings is 1. The van der Waals surface area contributed by atoms with E-state index in [2.05, 4.69) is 4.98 Å². The summed E-state index contributed by atoms with van der Waals surface area (Å²) in [6, 6.07) is 5.67. The van der Waals surface area contributed by atoms with Gasteiger partial charge in [-0.25, -0.2) is 4.39 Å². The first-order valence-corrected chi connectivity index (χ1v) is 13.2. The monoisotopic (exact) mass is 470 g/mol. The van der Waals surface area contributed by atoms with Crippen molar-refractivity contribution in [3.63, 3.8) is 0 Å². The van der Waals surface area contributed by atoms with E-state index in [9.17, 15) is 18.8 Å². The van der Waals surface area contributed by atoms with E-state index in [1.54, 1.807) is 11.8 Å². The highest BCUT2D eigenvalue weighted by atomic mass is 32.2. The molecule has 0 radical (unpaired) electrons. The maximum absolute atomic E-state index is 13.6. The molecule has 1 N–H and O–H groups in total. The molecule has 5 aliphatic rings. The Bertz CT molecular complexity index is 1200. The number of fused-ring (bicyclic) bond motifs is 11. The number of amides is 2. The Morgan fingerprint density at radius 2 is 1.66 bits per heavy atom. The number of halogens is 1. The molecule has 2 aliphatic heterocycles. The lowest BCUT2D eigenvalue weighted by Gasteiger charge is -2.52. The van der Waals surface area contributed by atoms with E-state index in [4.69, 9.17) is 0 Å². The predicted molar refractivity (Wildman–Crippen MR) is 120 cm³/mol. The standard InChI is InChI=1S/C24H23FN2O3S2/c25-11-4-6-12(7-5-11)27-21(28)15-13-10-14(16(15)22(27)29)18-17(13)24(8-2-1-3-9-24)19-20(31-18)26-23(30)32-19/h4-7,13-18H,1-3,8-10H2,(H,26,30)/t13-,14-,15+,16+,17+,18+/m1/s1. The molecule has 32 heavy (non-hydrogen) atoms. The van der Waals surface area contributed by atoms with E-state index in [0.717, 1.165) is 37.1 Å². The molecular formula is C24H23FN2O3S2. The molecule has 0 unspecified atom stereocenters. The summed E-state index contributed by atoms with van der Waals surface area (Å²) in [6.45, 7) is 0. The van der Waals surface area contributed by atoms with Gasteiger partial charge in [0, 0.05) is 15.5 Å². The van der Waals surface area contributed by atoms with Crippen LogP contribution >= 0.6 is 23.1 Å². The first kappa shape index (κ1) is 19.5. The Labute approximate surface area is 192 Å². The van der Waals surface area contributed by atoms with Gasteiger partial charge in [-0.3, -0.25) is 19.3 Å². The summed E-state index contributed by atoms with van der Waals surface area (Å²) in [5.74, 6) is -0.528. The van der Waals surface area contributed by atoms with Crippen LogP contribution in [-0.4, -0.2) is 22.0 Å². The van der Waals surface area contributed by atoms with E-state index in [1.165, 1.54) is 51.8 Å². The Morgan fingerprint density at radius 1 is 0.969 bits per heavy atom. The fourth-order valence-electron chi connectivity index (χ4n) is 7.92.